The van der Waals surface area contributed by atoms with Crippen LogP contribution < -0.4 is 5.32 Å². The van der Waals surface area contributed by atoms with Crippen LogP contribution in [0.1, 0.15) is 19.4 Å². The van der Waals surface area contributed by atoms with Gasteiger partial charge in [0.2, 0.25) is 5.91 Å². The van der Waals surface area contributed by atoms with Gasteiger partial charge in [-0.25, -0.2) is 0 Å². The SMILES string of the molecule is CCNCC(C)C(=O)N(C)Cc1csc(Br)c1. The minimum absolute atomic E-state index is 0.0297. The lowest BCUT2D eigenvalue weighted by Crippen LogP contribution is -2.36. The Bertz CT molecular complexity index is 367. The van der Waals surface area contributed by atoms with Crippen molar-refractivity contribution in [2.24, 2.45) is 5.92 Å². The Morgan fingerprint density at radius 1 is 1.65 bits per heavy atom. The van der Waals surface area contributed by atoms with Crippen molar-refractivity contribution in [3.8, 4) is 0 Å². The molecule has 0 aliphatic carbocycles. The van der Waals surface area contributed by atoms with Gasteiger partial charge in [-0.1, -0.05) is 13.8 Å². The van der Waals surface area contributed by atoms with E-state index < -0.39 is 0 Å². The predicted molar refractivity (Wildman–Crippen MR) is 76.2 cm³/mol. The van der Waals surface area contributed by atoms with Crippen LogP contribution in [-0.4, -0.2) is 30.9 Å². The van der Waals surface area contributed by atoms with E-state index in [4.69, 9.17) is 0 Å². The van der Waals surface area contributed by atoms with Crippen LogP contribution in [0.5, 0.6) is 0 Å². The molecule has 0 radical (unpaired) electrons. The third kappa shape index (κ3) is 4.77. The molecule has 17 heavy (non-hydrogen) atoms. The van der Waals surface area contributed by atoms with Crippen LogP contribution in [0.15, 0.2) is 15.2 Å². The number of nitrogens with one attached hydrogen (secondary N) is 1. The zero-order chi connectivity index (χ0) is 12.8. The van der Waals surface area contributed by atoms with Crippen molar-refractivity contribution in [3.63, 3.8) is 0 Å². The van der Waals surface area contributed by atoms with Crippen LogP contribution >= 0.6 is 27.3 Å². The quantitative estimate of drug-likeness (QED) is 0.874. The number of thiophene rings is 1. The van der Waals surface area contributed by atoms with Crippen LogP contribution in [-0.2, 0) is 11.3 Å². The predicted octanol–water partition coefficient (Wildman–Crippen LogP) is 2.71. The Balaban J connectivity index is 2.46. The van der Waals surface area contributed by atoms with Crippen molar-refractivity contribution in [2.45, 2.75) is 20.4 Å². The van der Waals surface area contributed by atoms with Crippen LogP contribution in [0.2, 0.25) is 0 Å². The van der Waals surface area contributed by atoms with Crippen LogP contribution in [0, 0.1) is 5.92 Å². The summed E-state index contributed by atoms with van der Waals surface area (Å²) in [7, 11) is 1.86. The third-order valence-electron chi connectivity index (χ3n) is 2.54. The molecular formula is C12H19BrN2OS. The van der Waals surface area contributed by atoms with Crippen molar-refractivity contribution in [2.75, 3.05) is 20.1 Å². The van der Waals surface area contributed by atoms with Gasteiger partial charge in [0.1, 0.15) is 0 Å². The maximum Gasteiger partial charge on any atom is 0.226 e. The molecule has 0 saturated carbocycles. The summed E-state index contributed by atoms with van der Waals surface area (Å²) in [6, 6.07) is 2.06. The smallest absolute Gasteiger partial charge is 0.226 e. The van der Waals surface area contributed by atoms with E-state index in [-0.39, 0.29) is 11.8 Å². The normalized spacial score (nSPS) is 12.5. The highest BCUT2D eigenvalue weighted by atomic mass is 79.9. The second-order valence-electron chi connectivity index (χ2n) is 4.16. The molecule has 1 N–H and O–H groups in total. The molecular weight excluding hydrogens is 300 g/mol. The van der Waals surface area contributed by atoms with Crippen molar-refractivity contribution >= 4 is 33.2 Å². The second-order valence-corrected chi connectivity index (χ2v) is 6.45. The van der Waals surface area contributed by atoms with Gasteiger partial charge in [-0.3, -0.25) is 4.79 Å². The first-order valence-corrected chi connectivity index (χ1v) is 7.40. The zero-order valence-electron chi connectivity index (χ0n) is 10.5. The summed E-state index contributed by atoms with van der Waals surface area (Å²) in [5.74, 6) is 0.218. The molecule has 3 nitrogen and oxygen atoms in total. The lowest BCUT2D eigenvalue weighted by Gasteiger charge is -2.21. The number of nitrogens with zero attached hydrogens (tertiary/aromatic N) is 1. The number of carbonyl (C=O) groups excluding carboxylic acids is 1. The maximum absolute atomic E-state index is 12.0. The number of carbonyl (C=O) groups is 1. The summed E-state index contributed by atoms with van der Waals surface area (Å²) in [6.45, 7) is 6.33. The van der Waals surface area contributed by atoms with Gasteiger partial charge >= 0.3 is 0 Å². The fraction of sp³-hybridized carbons (Fsp3) is 0.583. The van der Waals surface area contributed by atoms with Gasteiger partial charge in [0.15, 0.2) is 0 Å². The van der Waals surface area contributed by atoms with Crippen LogP contribution in [0.25, 0.3) is 0 Å². The molecule has 0 bridgehead atoms. The van der Waals surface area contributed by atoms with Gasteiger partial charge in [0.05, 0.1) is 3.79 Å². The van der Waals surface area contributed by atoms with Crippen LogP contribution in [0.3, 0.4) is 0 Å². The summed E-state index contributed by atoms with van der Waals surface area (Å²) < 4.78 is 1.11. The van der Waals surface area contributed by atoms with E-state index >= 15 is 0 Å². The van der Waals surface area contributed by atoms with Crippen LogP contribution in [0.4, 0.5) is 0 Å². The lowest BCUT2D eigenvalue weighted by atomic mass is 10.1. The molecule has 0 saturated heterocycles. The van der Waals surface area contributed by atoms with E-state index in [1.807, 2.05) is 20.9 Å². The highest BCUT2D eigenvalue weighted by Crippen LogP contribution is 2.21. The first-order chi connectivity index (χ1) is 8.04. The van der Waals surface area contributed by atoms with Gasteiger partial charge in [0.25, 0.3) is 0 Å². The van der Waals surface area contributed by atoms with Gasteiger partial charge in [-0.05, 0) is 39.5 Å². The third-order valence-corrected chi connectivity index (χ3v) is 4.09. The minimum Gasteiger partial charge on any atom is -0.341 e. The van der Waals surface area contributed by atoms with Gasteiger partial charge in [0, 0.05) is 26.1 Å². The molecule has 0 fully saturated rings. The number of rotatable bonds is 6. The molecule has 0 spiro atoms. The minimum atomic E-state index is 0.0297. The van der Waals surface area contributed by atoms with E-state index in [1.54, 1.807) is 16.2 Å². The van der Waals surface area contributed by atoms with Gasteiger partial charge < -0.3 is 10.2 Å². The Morgan fingerprint density at radius 2 is 2.35 bits per heavy atom. The van der Waals surface area contributed by atoms with E-state index in [2.05, 4.69) is 32.7 Å². The fourth-order valence-electron chi connectivity index (χ4n) is 1.60. The Morgan fingerprint density at radius 3 is 2.88 bits per heavy atom. The highest BCUT2D eigenvalue weighted by molar-refractivity contribution is 9.11. The van der Waals surface area contributed by atoms with Crippen molar-refractivity contribution in [1.29, 1.82) is 0 Å². The molecule has 1 aromatic heterocycles. The lowest BCUT2D eigenvalue weighted by molar-refractivity contribution is -0.134. The monoisotopic (exact) mass is 318 g/mol. The molecule has 1 rings (SSSR count). The number of hydrogen-bond acceptors (Lipinski definition) is 3. The summed E-state index contributed by atoms with van der Waals surface area (Å²) in [6.07, 6.45) is 0. The number of hydrogen-bond donors (Lipinski definition) is 1. The number of halogens is 1. The molecule has 1 aromatic rings. The largest absolute Gasteiger partial charge is 0.341 e. The van der Waals surface area contributed by atoms with Gasteiger partial charge in [-0.2, -0.15) is 0 Å². The molecule has 1 atom stereocenters. The standard InChI is InChI=1S/C12H19BrN2OS/c1-4-14-6-9(2)12(16)15(3)7-10-5-11(13)17-8-10/h5,8-9,14H,4,6-7H2,1-3H3. The maximum atomic E-state index is 12.0. The van der Waals surface area contributed by atoms with Crippen molar-refractivity contribution in [3.05, 3.63) is 20.8 Å². The van der Waals surface area contributed by atoms with E-state index in [9.17, 15) is 4.79 Å². The molecule has 1 amide bonds. The Hall–Kier alpha value is -0.390. The molecule has 96 valence electrons. The molecule has 1 unspecified atom stereocenters. The average Bonchev–Trinajstić information content (AvgIpc) is 2.70. The molecule has 1 heterocycles. The van der Waals surface area contributed by atoms with E-state index in [0.29, 0.717) is 6.54 Å². The first-order valence-electron chi connectivity index (χ1n) is 5.73. The summed E-state index contributed by atoms with van der Waals surface area (Å²) in [5.41, 5.74) is 1.17. The van der Waals surface area contributed by atoms with Gasteiger partial charge in [-0.15, -0.1) is 11.3 Å². The molecule has 5 heteroatoms. The van der Waals surface area contributed by atoms with Crippen molar-refractivity contribution in [1.82, 2.24) is 10.2 Å². The zero-order valence-corrected chi connectivity index (χ0v) is 12.9. The molecule has 0 aromatic carbocycles. The van der Waals surface area contributed by atoms with E-state index in [1.165, 1.54) is 5.56 Å². The topological polar surface area (TPSA) is 32.3 Å². The number of amides is 1. The highest BCUT2D eigenvalue weighted by Gasteiger charge is 2.17. The molecule has 0 aliphatic heterocycles. The Kier molecular flexibility index (Phi) is 6.16. The fourth-order valence-corrected chi connectivity index (χ4v) is 2.81. The summed E-state index contributed by atoms with van der Waals surface area (Å²) >= 11 is 5.07. The average molecular weight is 319 g/mol. The van der Waals surface area contributed by atoms with Crippen molar-refractivity contribution < 1.29 is 4.79 Å². The first kappa shape index (κ1) is 14.7. The summed E-state index contributed by atoms with van der Waals surface area (Å²) in [4.78, 5) is 13.8. The Labute approximate surface area is 115 Å². The summed E-state index contributed by atoms with van der Waals surface area (Å²) in [5, 5.41) is 5.27. The van der Waals surface area contributed by atoms with E-state index in [0.717, 1.165) is 16.9 Å². The molecule has 0 aliphatic rings. The second kappa shape index (κ2) is 7.13.